The molecule has 0 heterocycles. The minimum atomic E-state index is -0.0889. The van der Waals surface area contributed by atoms with Crippen LogP contribution in [-0.4, -0.2) is 16.8 Å². The van der Waals surface area contributed by atoms with Crippen molar-refractivity contribution < 1.29 is 4.79 Å². The third kappa shape index (κ3) is 3.19. The highest BCUT2D eigenvalue weighted by Crippen LogP contribution is 2.08. The van der Waals surface area contributed by atoms with Crippen molar-refractivity contribution in [3.8, 4) is 0 Å². The highest BCUT2D eigenvalue weighted by molar-refractivity contribution is 9.18. The van der Waals surface area contributed by atoms with Crippen molar-refractivity contribution in [2.24, 2.45) is 0 Å². The average molecular weight is 242 g/mol. The van der Waals surface area contributed by atoms with Crippen LogP contribution in [0.2, 0.25) is 0 Å². The van der Waals surface area contributed by atoms with Gasteiger partial charge in [0.1, 0.15) is 0 Å². The maximum atomic E-state index is 10.9. The molecule has 0 aliphatic carbocycles. The zero-order chi connectivity index (χ0) is 9.84. The lowest BCUT2D eigenvalue weighted by atomic mass is 10.1. The molecule has 0 unspecified atom stereocenters. The van der Waals surface area contributed by atoms with Gasteiger partial charge in [0.2, 0.25) is 0 Å². The van der Waals surface area contributed by atoms with Gasteiger partial charge in [0.15, 0.2) is 0 Å². The van der Waals surface area contributed by atoms with Gasteiger partial charge in [-0.3, -0.25) is 4.79 Å². The van der Waals surface area contributed by atoms with E-state index < -0.39 is 0 Å². The number of carbonyl (C=O) groups excluding carboxylic acids is 1. The van der Waals surface area contributed by atoms with Gasteiger partial charge in [0.25, 0.3) is 4.82 Å². The fourth-order valence-electron chi connectivity index (χ4n) is 1.15. The highest BCUT2D eigenvalue weighted by Gasteiger charge is 2.03. The lowest BCUT2D eigenvalue weighted by Gasteiger charge is -2.13. The fraction of sp³-hybridized carbons (Fsp3) is 0.300. The van der Waals surface area contributed by atoms with Gasteiger partial charge in [-0.1, -0.05) is 29.8 Å². The molecule has 0 aliphatic rings. The molecule has 0 fully saturated rings. The smallest absolute Gasteiger partial charge is 0.289 e. The number of nitrogens with zero attached hydrogens (tertiary/aromatic N) is 1. The van der Waals surface area contributed by atoms with Crippen molar-refractivity contribution in [1.29, 1.82) is 0 Å². The molecule has 0 bridgehead atoms. The Balaban J connectivity index is 2.69. The summed E-state index contributed by atoms with van der Waals surface area (Å²) < 4.78 is 0. The molecule has 0 spiro atoms. The van der Waals surface area contributed by atoms with E-state index in [-0.39, 0.29) is 4.82 Å². The molecule has 1 rings (SSSR count). The maximum Gasteiger partial charge on any atom is 0.289 e. The van der Waals surface area contributed by atoms with E-state index in [1.165, 1.54) is 5.56 Å². The second kappa shape index (κ2) is 4.42. The lowest BCUT2D eigenvalue weighted by molar-refractivity contribution is 0.233. The number of halogens is 1. The molecule has 1 amide bonds. The van der Waals surface area contributed by atoms with Crippen molar-refractivity contribution in [3.05, 3.63) is 35.4 Å². The van der Waals surface area contributed by atoms with Crippen molar-refractivity contribution >= 4 is 20.7 Å². The Labute approximate surface area is 86.7 Å². The number of rotatable bonds is 2. The van der Waals surface area contributed by atoms with Crippen LogP contribution in [0.5, 0.6) is 0 Å². The van der Waals surface area contributed by atoms with Crippen LogP contribution in [0.3, 0.4) is 0 Å². The van der Waals surface area contributed by atoms with Crippen LogP contribution in [0.4, 0.5) is 4.79 Å². The van der Waals surface area contributed by atoms with Crippen LogP contribution in [0, 0.1) is 6.92 Å². The lowest BCUT2D eigenvalue weighted by Crippen LogP contribution is -2.19. The summed E-state index contributed by atoms with van der Waals surface area (Å²) in [6.45, 7) is 2.69. The first-order valence-electron chi connectivity index (χ1n) is 4.06. The summed E-state index contributed by atoms with van der Waals surface area (Å²) in [5.74, 6) is 0. The van der Waals surface area contributed by atoms with Gasteiger partial charge >= 0.3 is 0 Å². The van der Waals surface area contributed by atoms with E-state index in [1.807, 2.05) is 25.1 Å². The van der Waals surface area contributed by atoms with E-state index in [0.717, 1.165) is 5.56 Å². The minimum absolute atomic E-state index is 0.0889. The van der Waals surface area contributed by atoms with Crippen molar-refractivity contribution in [2.45, 2.75) is 13.5 Å². The molecule has 1 aromatic rings. The Kier molecular flexibility index (Phi) is 3.48. The van der Waals surface area contributed by atoms with Crippen LogP contribution in [0.1, 0.15) is 11.1 Å². The van der Waals surface area contributed by atoms with Crippen LogP contribution >= 0.6 is 15.9 Å². The first-order valence-corrected chi connectivity index (χ1v) is 4.85. The molecule has 0 saturated heterocycles. The summed E-state index contributed by atoms with van der Waals surface area (Å²) in [6.07, 6.45) is 0. The molecule has 1 aromatic carbocycles. The van der Waals surface area contributed by atoms with Gasteiger partial charge in [-0.2, -0.15) is 0 Å². The summed E-state index contributed by atoms with van der Waals surface area (Å²) in [7, 11) is 1.76. The van der Waals surface area contributed by atoms with Crippen molar-refractivity contribution in [3.63, 3.8) is 0 Å². The highest BCUT2D eigenvalue weighted by atomic mass is 79.9. The fourth-order valence-corrected chi connectivity index (χ4v) is 1.27. The second-order valence-electron chi connectivity index (χ2n) is 3.10. The summed E-state index contributed by atoms with van der Waals surface area (Å²) in [4.78, 5) is 12.4. The van der Waals surface area contributed by atoms with Crippen molar-refractivity contribution in [1.82, 2.24) is 4.90 Å². The number of hydrogen-bond acceptors (Lipinski definition) is 1. The van der Waals surface area contributed by atoms with Crippen LogP contribution in [0.25, 0.3) is 0 Å². The van der Waals surface area contributed by atoms with Gasteiger partial charge in [-0.15, -0.1) is 0 Å². The number of carbonyl (C=O) groups is 1. The van der Waals surface area contributed by atoms with E-state index in [9.17, 15) is 4.79 Å². The topological polar surface area (TPSA) is 20.3 Å². The van der Waals surface area contributed by atoms with Gasteiger partial charge in [0.05, 0.1) is 0 Å². The number of benzene rings is 1. The zero-order valence-corrected chi connectivity index (χ0v) is 9.34. The Morgan fingerprint density at radius 1 is 1.54 bits per heavy atom. The zero-order valence-electron chi connectivity index (χ0n) is 7.75. The van der Waals surface area contributed by atoms with Crippen LogP contribution in [-0.2, 0) is 6.54 Å². The van der Waals surface area contributed by atoms with E-state index in [1.54, 1.807) is 11.9 Å². The summed E-state index contributed by atoms with van der Waals surface area (Å²) in [6, 6.07) is 8.13. The predicted molar refractivity (Wildman–Crippen MR) is 57.0 cm³/mol. The molecule has 0 aliphatic heterocycles. The Hall–Kier alpha value is -0.830. The van der Waals surface area contributed by atoms with Gasteiger partial charge in [0, 0.05) is 29.5 Å². The molecule has 0 aromatic heterocycles. The summed E-state index contributed by atoms with van der Waals surface area (Å²) >= 11 is 2.90. The largest absolute Gasteiger partial charge is 0.332 e. The Bertz CT molecular complexity index is 312. The van der Waals surface area contributed by atoms with Gasteiger partial charge in [-0.25, -0.2) is 0 Å². The van der Waals surface area contributed by atoms with Gasteiger partial charge in [-0.05, 0) is 12.5 Å². The minimum Gasteiger partial charge on any atom is -0.332 e. The molecular weight excluding hydrogens is 230 g/mol. The van der Waals surface area contributed by atoms with E-state index in [0.29, 0.717) is 6.54 Å². The molecule has 0 saturated carbocycles. The molecular formula is C10H12BrNO. The first kappa shape index (κ1) is 10.3. The van der Waals surface area contributed by atoms with Gasteiger partial charge < -0.3 is 4.90 Å². The van der Waals surface area contributed by atoms with E-state index in [4.69, 9.17) is 0 Å². The Morgan fingerprint density at radius 2 is 2.23 bits per heavy atom. The van der Waals surface area contributed by atoms with Crippen LogP contribution < -0.4 is 0 Å². The van der Waals surface area contributed by atoms with Crippen molar-refractivity contribution in [2.75, 3.05) is 7.05 Å². The maximum absolute atomic E-state index is 10.9. The SMILES string of the molecule is Cc1cccc(CN(C)C(=O)Br)c1. The van der Waals surface area contributed by atoms with E-state index >= 15 is 0 Å². The molecule has 13 heavy (non-hydrogen) atoms. The first-order chi connectivity index (χ1) is 6.09. The predicted octanol–water partition coefficient (Wildman–Crippen LogP) is 2.94. The molecule has 2 nitrogen and oxygen atoms in total. The number of amides is 1. The summed E-state index contributed by atoms with van der Waals surface area (Å²) in [5, 5.41) is 0. The quantitative estimate of drug-likeness (QED) is 0.576. The Morgan fingerprint density at radius 3 is 2.77 bits per heavy atom. The third-order valence-electron chi connectivity index (χ3n) is 1.80. The normalized spacial score (nSPS) is 9.77. The monoisotopic (exact) mass is 241 g/mol. The second-order valence-corrected chi connectivity index (χ2v) is 3.78. The average Bonchev–Trinajstić information content (AvgIpc) is 2.04. The third-order valence-corrected chi connectivity index (χ3v) is 2.41. The summed E-state index contributed by atoms with van der Waals surface area (Å²) in [5.41, 5.74) is 2.36. The van der Waals surface area contributed by atoms with E-state index in [2.05, 4.69) is 22.0 Å². The number of hydrogen-bond donors (Lipinski definition) is 0. The molecule has 70 valence electrons. The molecule has 0 N–H and O–H groups in total. The van der Waals surface area contributed by atoms with Crippen LogP contribution in [0.15, 0.2) is 24.3 Å². The standard InChI is InChI=1S/C10H12BrNO/c1-8-4-3-5-9(6-8)7-12(2)10(11)13/h3-6H,7H2,1-2H3. The molecule has 0 radical (unpaired) electrons. The molecule has 0 atom stereocenters. The molecule has 3 heteroatoms. The number of aryl methyl sites for hydroxylation is 1.